The number of Topliss-reactive ketones (excluding diaryl/α,β-unsaturated/α-hetero) is 1. The second kappa shape index (κ2) is 2.60. The monoisotopic (exact) mass is 198 g/mol. The van der Waals surface area contributed by atoms with Crippen molar-refractivity contribution in [2.24, 2.45) is 10.8 Å². The number of carbonyl (C=O) groups is 1. The fourth-order valence-electron chi connectivity index (χ4n) is 2.33. The molecule has 2 spiro atoms. The van der Waals surface area contributed by atoms with Crippen molar-refractivity contribution in [2.75, 3.05) is 0 Å². The average Bonchev–Trinajstić information content (AvgIpc) is 2.84. The third-order valence-electron chi connectivity index (χ3n) is 3.68. The average molecular weight is 198 g/mol. The standard InChI is InChI=1S/C6H10O.C6H8O/c2*7-5-3-6(4-5)1-2-6/h5,7H,1-4H2;1-4H2/i2*1D2. The summed E-state index contributed by atoms with van der Waals surface area (Å²) < 4.78 is 29.1. The van der Waals surface area contributed by atoms with E-state index in [9.17, 15) is 4.79 Å². The molecule has 4 aliphatic carbocycles. The van der Waals surface area contributed by atoms with Gasteiger partial charge in [-0.2, -0.15) is 0 Å². The quantitative estimate of drug-likeness (QED) is 0.647. The van der Waals surface area contributed by atoms with E-state index >= 15 is 0 Å². The van der Waals surface area contributed by atoms with Crippen LogP contribution in [0, 0.1) is 10.8 Å². The lowest BCUT2D eigenvalue weighted by Gasteiger charge is -2.31. The molecule has 78 valence electrons. The molecular weight excluding hydrogens is 176 g/mol. The predicted octanol–water partition coefficient (Wildman–Crippen LogP) is 2.05. The maximum Gasteiger partial charge on any atom is 0.134 e. The Hall–Kier alpha value is -0.370. The van der Waals surface area contributed by atoms with E-state index < -0.39 is 12.7 Å². The normalized spacial score (nSPS) is 56.4. The van der Waals surface area contributed by atoms with E-state index in [0.29, 0.717) is 38.5 Å². The van der Waals surface area contributed by atoms with E-state index in [1.54, 1.807) is 0 Å². The Bertz CT molecular complexity index is 404. The highest BCUT2D eigenvalue weighted by molar-refractivity contribution is 5.87. The summed E-state index contributed by atoms with van der Waals surface area (Å²) in [6.45, 7) is 0. The summed E-state index contributed by atoms with van der Waals surface area (Å²) in [5.41, 5.74) is -0.253. The van der Waals surface area contributed by atoms with Gasteiger partial charge in [0.2, 0.25) is 0 Å². The Morgan fingerprint density at radius 1 is 1.21 bits per heavy atom. The molecule has 4 rings (SSSR count). The van der Waals surface area contributed by atoms with Crippen molar-refractivity contribution in [3.05, 3.63) is 0 Å². The Morgan fingerprint density at radius 2 is 1.71 bits per heavy atom. The molecule has 2 nitrogen and oxygen atoms in total. The number of hydrogen-bond acceptors (Lipinski definition) is 2. The van der Waals surface area contributed by atoms with E-state index in [1.807, 2.05) is 0 Å². The van der Waals surface area contributed by atoms with Gasteiger partial charge in [0.1, 0.15) is 5.78 Å². The van der Waals surface area contributed by atoms with Gasteiger partial charge in [0.25, 0.3) is 0 Å². The Labute approximate surface area is 90.3 Å². The second-order valence-corrected chi connectivity index (χ2v) is 5.22. The molecular formula is C12H18O2. The molecule has 0 amide bonds. The SMILES string of the molecule is [2H]C1([2H])CC12CC(=O)C2.[2H]C1([2H])CC12CC(O)C2. The van der Waals surface area contributed by atoms with Gasteiger partial charge in [-0.3, -0.25) is 4.79 Å². The first kappa shape index (κ1) is 5.64. The van der Waals surface area contributed by atoms with Crippen LogP contribution in [-0.2, 0) is 4.79 Å². The first-order valence-corrected chi connectivity index (χ1v) is 5.31. The first-order chi connectivity index (χ1) is 8.12. The highest BCUT2D eigenvalue weighted by atomic mass is 16.3. The molecule has 0 radical (unpaired) electrons. The molecule has 2 heteroatoms. The lowest BCUT2D eigenvalue weighted by molar-refractivity contribution is -0.127. The Morgan fingerprint density at radius 3 is 1.86 bits per heavy atom. The number of hydrogen-bond donors (Lipinski definition) is 1. The largest absolute Gasteiger partial charge is 0.393 e. The first-order valence-electron chi connectivity index (χ1n) is 7.31. The lowest BCUT2D eigenvalue weighted by Crippen LogP contribution is -2.29. The lowest BCUT2D eigenvalue weighted by atomic mass is 9.79. The van der Waals surface area contributed by atoms with Crippen molar-refractivity contribution < 1.29 is 15.4 Å². The fraction of sp³-hybridized carbons (Fsp3) is 0.917. The maximum atomic E-state index is 10.5. The topological polar surface area (TPSA) is 37.3 Å². The predicted molar refractivity (Wildman–Crippen MR) is 52.8 cm³/mol. The molecule has 0 saturated heterocycles. The summed E-state index contributed by atoms with van der Waals surface area (Å²) in [4.78, 5) is 10.5. The van der Waals surface area contributed by atoms with Crippen LogP contribution in [0.1, 0.15) is 56.8 Å². The summed E-state index contributed by atoms with van der Waals surface area (Å²) in [6, 6.07) is 0. The molecule has 4 saturated carbocycles. The summed E-state index contributed by atoms with van der Waals surface area (Å²) in [5, 5.41) is 8.89. The van der Waals surface area contributed by atoms with E-state index in [0.717, 1.165) is 0 Å². The van der Waals surface area contributed by atoms with Crippen molar-refractivity contribution in [2.45, 2.75) is 57.4 Å². The van der Waals surface area contributed by atoms with Crippen molar-refractivity contribution >= 4 is 5.78 Å². The van der Waals surface area contributed by atoms with Gasteiger partial charge in [0.05, 0.1) is 6.10 Å². The highest BCUT2D eigenvalue weighted by Crippen LogP contribution is 2.60. The zero-order valence-electron chi connectivity index (χ0n) is 12.2. The smallest absolute Gasteiger partial charge is 0.134 e. The summed E-state index contributed by atoms with van der Waals surface area (Å²) >= 11 is 0. The van der Waals surface area contributed by atoms with Gasteiger partial charge in [0, 0.05) is 18.3 Å². The minimum atomic E-state index is -0.999. The van der Waals surface area contributed by atoms with Crippen LogP contribution in [0.4, 0.5) is 0 Å². The second-order valence-electron chi connectivity index (χ2n) is 5.22. The third-order valence-corrected chi connectivity index (χ3v) is 3.68. The van der Waals surface area contributed by atoms with Crippen LogP contribution in [0.2, 0.25) is 0 Å². The number of aliphatic hydroxyl groups excluding tert-OH is 1. The van der Waals surface area contributed by atoms with Crippen LogP contribution in [0.3, 0.4) is 0 Å². The van der Waals surface area contributed by atoms with Gasteiger partial charge in [-0.05, 0) is 49.3 Å². The summed E-state index contributed by atoms with van der Waals surface area (Å²) in [6.07, 6.45) is 1.54. The van der Waals surface area contributed by atoms with E-state index in [-0.39, 0.29) is 22.7 Å². The van der Waals surface area contributed by atoms with Crippen LogP contribution in [0.5, 0.6) is 0 Å². The maximum absolute atomic E-state index is 10.5. The van der Waals surface area contributed by atoms with Crippen molar-refractivity contribution in [1.29, 1.82) is 0 Å². The van der Waals surface area contributed by atoms with Crippen LogP contribution in [0.25, 0.3) is 0 Å². The Kier molecular flexibility index (Phi) is 1.05. The molecule has 0 atom stereocenters. The molecule has 0 unspecified atom stereocenters. The number of ketones is 1. The fourth-order valence-corrected chi connectivity index (χ4v) is 2.33. The molecule has 0 aromatic heterocycles. The molecule has 0 bridgehead atoms. The molecule has 14 heavy (non-hydrogen) atoms. The van der Waals surface area contributed by atoms with Crippen molar-refractivity contribution in [3.8, 4) is 0 Å². The molecule has 0 aromatic rings. The zero-order valence-corrected chi connectivity index (χ0v) is 8.18. The minimum absolute atomic E-state index is 0.0770. The molecule has 0 aromatic carbocycles. The van der Waals surface area contributed by atoms with Gasteiger partial charge in [-0.25, -0.2) is 0 Å². The van der Waals surface area contributed by atoms with Crippen LogP contribution in [0.15, 0.2) is 0 Å². The zero-order chi connectivity index (χ0) is 13.4. The van der Waals surface area contributed by atoms with Gasteiger partial charge >= 0.3 is 0 Å². The molecule has 0 heterocycles. The highest BCUT2D eigenvalue weighted by Gasteiger charge is 2.52. The summed E-state index contributed by atoms with van der Waals surface area (Å²) in [7, 11) is 0. The van der Waals surface area contributed by atoms with E-state index in [2.05, 4.69) is 0 Å². The third kappa shape index (κ3) is 1.50. The molecule has 0 aliphatic heterocycles. The van der Waals surface area contributed by atoms with Crippen molar-refractivity contribution in [1.82, 2.24) is 0 Å². The number of aliphatic hydroxyl groups is 1. The van der Waals surface area contributed by atoms with Gasteiger partial charge < -0.3 is 5.11 Å². The Balaban J connectivity index is 0.000000111. The van der Waals surface area contributed by atoms with Crippen LogP contribution >= 0.6 is 0 Å². The molecule has 4 aliphatic rings. The summed E-state index contributed by atoms with van der Waals surface area (Å²) in [5.74, 6) is 0.233. The van der Waals surface area contributed by atoms with Gasteiger partial charge in [-0.1, -0.05) is 0 Å². The van der Waals surface area contributed by atoms with Crippen molar-refractivity contribution in [3.63, 3.8) is 0 Å². The van der Waals surface area contributed by atoms with E-state index in [1.165, 1.54) is 0 Å². The van der Waals surface area contributed by atoms with Gasteiger partial charge in [-0.15, -0.1) is 0 Å². The van der Waals surface area contributed by atoms with Crippen LogP contribution in [-0.4, -0.2) is 17.0 Å². The number of rotatable bonds is 0. The number of carbonyl (C=O) groups excluding carboxylic acids is 1. The van der Waals surface area contributed by atoms with Crippen LogP contribution < -0.4 is 0 Å². The molecule has 1 N–H and O–H groups in total. The molecule has 4 fully saturated rings. The van der Waals surface area contributed by atoms with Gasteiger partial charge in [0.15, 0.2) is 0 Å². The minimum Gasteiger partial charge on any atom is -0.393 e. The van der Waals surface area contributed by atoms with E-state index in [4.69, 9.17) is 10.6 Å².